The molecule has 6 N–H and O–H groups in total. The first-order valence-corrected chi connectivity index (χ1v) is 29.5. The maximum atomic E-state index is 13.0. The molecule has 0 spiro atoms. The van der Waals surface area contributed by atoms with Crippen molar-refractivity contribution in [2.45, 2.75) is 281 Å². The summed E-state index contributed by atoms with van der Waals surface area (Å²) in [6.45, 7) is 3.66. The second kappa shape index (κ2) is 51.6. The molecule has 0 aromatic rings. The third-order valence-electron chi connectivity index (χ3n) is 13.4. The van der Waals surface area contributed by atoms with Crippen LogP contribution in [0.1, 0.15) is 239 Å². The number of unbranched alkanes of at least 4 members (excludes halogenated alkanes) is 25. The van der Waals surface area contributed by atoms with Crippen LogP contribution in [0.4, 0.5) is 0 Å². The molecule has 1 aliphatic heterocycles. The van der Waals surface area contributed by atoms with Crippen LogP contribution >= 0.6 is 0 Å². The van der Waals surface area contributed by atoms with E-state index in [1.165, 1.54) is 135 Å². The number of carbonyl (C=O) groups excluding carboxylic acids is 1. The van der Waals surface area contributed by atoms with E-state index in [1.807, 2.05) is 6.08 Å². The minimum Gasteiger partial charge on any atom is -0.394 e. The van der Waals surface area contributed by atoms with Crippen LogP contribution in [0.5, 0.6) is 0 Å². The molecule has 0 bridgehead atoms. The van der Waals surface area contributed by atoms with Crippen LogP contribution in [-0.2, 0) is 14.3 Å². The van der Waals surface area contributed by atoms with E-state index < -0.39 is 49.5 Å². The van der Waals surface area contributed by atoms with Crippen LogP contribution in [0, 0.1) is 0 Å². The molecule has 0 aliphatic carbocycles. The Kier molecular flexibility index (Phi) is 48.1. The summed E-state index contributed by atoms with van der Waals surface area (Å²) >= 11 is 0. The zero-order chi connectivity index (χ0) is 52.2. The second-order valence-corrected chi connectivity index (χ2v) is 20.1. The molecular weight excluding hydrogens is 899 g/mol. The number of carbonyl (C=O) groups is 1. The monoisotopic (exact) mass is 1010 g/mol. The Morgan fingerprint density at radius 3 is 1.28 bits per heavy atom. The molecule has 9 nitrogen and oxygen atoms in total. The summed E-state index contributed by atoms with van der Waals surface area (Å²) in [4.78, 5) is 13.0. The third kappa shape index (κ3) is 40.5. The van der Waals surface area contributed by atoms with Crippen LogP contribution in [-0.4, -0.2) is 87.5 Å². The standard InChI is InChI=1S/C63H109NO8/c1-3-5-7-9-11-13-15-17-19-20-21-22-23-24-25-26-27-28-29-30-31-32-33-34-35-36-37-38-39-41-43-45-47-49-51-53-59(67)64-56(55-71-63-62(70)61(69)60(68)58(54-65)72-63)57(66)52-50-48-46-44-42-40-18-16-14-12-10-8-6-4-2/h5,7,11,13,17,19,21-22,24-25,27-28,30-31,50,52,56-58,60-63,65-66,68-70H,3-4,6,8-10,12,14-16,18,20,23,26,29,32-49,51,53-55H2,1-2H3,(H,64,67)/b7-5-,13-11-,19-17-,22-21-,25-24-,28-27-,31-30-,52-50+. The number of nitrogens with one attached hydrogen (secondary N) is 1. The van der Waals surface area contributed by atoms with Crippen LogP contribution in [0.2, 0.25) is 0 Å². The number of hydrogen-bond acceptors (Lipinski definition) is 8. The Labute approximate surface area is 441 Å². The molecule has 1 rings (SSSR count). The summed E-state index contributed by atoms with van der Waals surface area (Å²) in [5.41, 5.74) is 0. The zero-order valence-corrected chi connectivity index (χ0v) is 45.9. The summed E-state index contributed by atoms with van der Waals surface area (Å²) in [6.07, 6.45) is 67.6. The zero-order valence-electron chi connectivity index (χ0n) is 45.9. The second-order valence-electron chi connectivity index (χ2n) is 20.1. The van der Waals surface area contributed by atoms with Crippen LogP contribution in [0.3, 0.4) is 0 Å². The van der Waals surface area contributed by atoms with E-state index in [-0.39, 0.29) is 12.5 Å². The molecular formula is C63H109NO8. The summed E-state index contributed by atoms with van der Waals surface area (Å²) in [7, 11) is 0. The number of aliphatic hydroxyl groups excluding tert-OH is 5. The van der Waals surface area contributed by atoms with Crippen LogP contribution in [0.15, 0.2) is 97.2 Å². The van der Waals surface area contributed by atoms with Gasteiger partial charge in [-0.15, -0.1) is 0 Å². The molecule has 1 aliphatic rings. The maximum absolute atomic E-state index is 13.0. The lowest BCUT2D eigenvalue weighted by atomic mass is 9.99. The molecule has 0 radical (unpaired) electrons. The lowest BCUT2D eigenvalue weighted by Gasteiger charge is -2.40. The normalized spacial score (nSPS) is 19.9. The summed E-state index contributed by atoms with van der Waals surface area (Å²) in [6, 6.07) is -0.810. The molecule has 1 heterocycles. The molecule has 0 aromatic heterocycles. The van der Waals surface area contributed by atoms with Gasteiger partial charge in [-0.05, 0) is 77.0 Å². The predicted molar refractivity (Wildman–Crippen MR) is 304 cm³/mol. The van der Waals surface area contributed by atoms with E-state index >= 15 is 0 Å². The largest absolute Gasteiger partial charge is 0.394 e. The van der Waals surface area contributed by atoms with Crippen LogP contribution in [0.25, 0.3) is 0 Å². The van der Waals surface area contributed by atoms with Crippen molar-refractivity contribution in [2.24, 2.45) is 0 Å². The van der Waals surface area contributed by atoms with Gasteiger partial charge in [0, 0.05) is 6.42 Å². The van der Waals surface area contributed by atoms with Gasteiger partial charge in [0.15, 0.2) is 6.29 Å². The highest BCUT2D eigenvalue weighted by atomic mass is 16.7. The van der Waals surface area contributed by atoms with E-state index in [4.69, 9.17) is 9.47 Å². The number of ether oxygens (including phenoxy) is 2. The van der Waals surface area contributed by atoms with E-state index in [9.17, 15) is 30.3 Å². The van der Waals surface area contributed by atoms with Crippen molar-refractivity contribution in [1.29, 1.82) is 0 Å². The molecule has 0 saturated carbocycles. The van der Waals surface area contributed by atoms with Crippen molar-refractivity contribution in [3.05, 3.63) is 97.2 Å². The van der Waals surface area contributed by atoms with Gasteiger partial charge < -0.3 is 40.3 Å². The molecule has 1 amide bonds. The Hall–Kier alpha value is -2.89. The molecule has 414 valence electrons. The SMILES string of the molecule is CC/C=C\C/C=C\C/C=C\C/C=C\C/C=C\C/C=C\C/C=C\CCCCCCCCCCCCCCCC(=O)NC(COC1OC(CO)C(O)C(O)C1O)C(O)/C=C/CCCCCCCCCCCCCC. The topological polar surface area (TPSA) is 149 Å². The van der Waals surface area contributed by atoms with Gasteiger partial charge in [0.2, 0.25) is 5.91 Å². The molecule has 72 heavy (non-hydrogen) atoms. The van der Waals surface area contributed by atoms with Gasteiger partial charge in [0.1, 0.15) is 24.4 Å². The van der Waals surface area contributed by atoms with Gasteiger partial charge in [-0.3, -0.25) is 4.79 Å². The number of rotatable bonds is 49. The van der Waals surface area contributed by atoms with E-state index in [0.29, 0.717) is 6.42 Å². The Morgan fingerprint density at radius 2 is 0.861 bits per heavy atom. The first-order valence-electron chi connectivity index (χ1n) is 29.5. The lowest BCUT2D eigenvalue weighted by Crippen LogP contribution is -2.60. The molecule has 7 unspecified atom stereocenters. The van der Waals surface area contributed by atoms with Crippen molar-refractivity contribution >= 4 is 5.91 Å². The highest BCUT2D eigenvalue weighted by Crippen LogP contribution is 2.23. The van der Waals surface area contributed by atoms with E-state index in [0.717, 1.165) is 83.5 Å². The first kappa shape index (κ1) is 67.1. The number of amides is 1. The predicted octanol–water partition coefficient (Wildman–Crippen LogP) is 14.8. The van der Waals surface area contributed by atoms with Crippen molar-refractivity contribution in [3.63, 3.8) is 0 Å². The van der Waals surface area contributed by atoms with Gasteiger partial charge in [0.05, 0.1) is 25.4 Å². The van der Waals surface area contributed by atoms with Gasteiger partial charge in [0.25, 0.3) is 0 Å². The summed E-state index contributed by atoms with van der Waals surface area (Å²) in [5.74, 6) is -0.181. The third-order valence-corrected chi connectivity index (χ3v) is 13.4. The minimum absolute atomic E-state index is 0.181. The fraction of sp³-hybridized carbons (Fsp3) is 0.730. The molecule has 0 aromatic carbocycles. The quantitative estimate of drug-likeness (QED) is 0.0261. The molecule has 1 fully saturated rings. The average molecular weight is 1010 g/mol. The van der Waals surface area contributed by atoms with Crippen molar-refractivity contribution < 1.29 is 39.8 Å². The van der Waals surface area contributed by atoms with Crippen molar-refractivity contribution in [2.75, 3.05) is 13.2 Å². The number of allylic oxidation sites excluding steroid dienone is 15. The molecule has 7 atom stereocenters. The smallest absolute Gasteiger partial charge is 0.220 e. The van der Waals surface area contributed by atoms with Gasteiger partial charge in [-0.1, -0.05) is 252 Å². The Balaban J connectivity index is 2.15. The van der Waals surface area contributed by atoms with Gasteiger partial charge in [-0.2, -0.15) is 0 Å². The maximum Gasteiger partial charge on any atom is 0.220 e. The lowest BCUT2D eigenvalue weighted by molar-refractivity contribution is -0.302. The average Bonchev–Trinajstić information content (AvgIpc) is 3.38. The summed E-state index contributed by atoms with van der Waals surface area (Å²) in [5, 5.41) is 54.4. The molecule has 9 heteroatoms. The number of hydrogen-bond donors (Lipinski definition) is 6. The van der Waals surface area contributed by atoms with E-state index in [1.54, 1.807) is 6.08 Å². The summed E-state index contributed by atoms with van der Waals surface area (Å²) < 4.78 is 11.3. The van der Waals surface area contributed by atoms with Crippen molar-refractivity contribution in [1.82, 2.24) is 5.32 Å². The Bertz CT molecular complexity index is 1450. The van der Waals surface area contributed by atoms with Gasteiger partial charge >= 0.3 is 0 Å². The minimum atomic E-state index is -1.57. The van der Waals surface area contributed by atoms with Gasteiger partial charge in [-0.25, -0.2) is 0 Å². The van der Waals surface area contributed by atoms with Crippen LogP contribution < -0.4 is 5.32 Å². The fourth-order valence-electron chi connectivity index (χ4n) is 8.78. The number of aliphatic hydroxyl groups is 5. The Morgan fingerprint density at radius 1 is 0.486 bits per heavy atom. The fourth-order valence-corrected chi connectivity index (χ4v) is 8.78. The molecule has 1 saturated heterocycles. The highest BCUT2D eigenvalue weighted by Gasteiger charge is 2.44. The van der Waals surface area contributed by atoms with E-state index in [2.05, 4.69) is 104 Å². The van der Waals surface area contributed by atoms with Crippen molar-refractivity contribution in [3.8, 4) is 0 Å². The highest BCUT2D eigenvalue weighted by molar-refractivity contribution is 5.76. The first-order chi connectivity index (χ1) is 35.3.